The standard InChI is InChI=1S/C16H13FN2O/c17-13-9-11(10-18)6-7-16(13)20-15-5-1-4-14-12(15)3-2-8-19-14/h1-9H,10,18H2. The first-order valence-electron chi connectivity index (χ1n) is 6.28. The van der Waals surface area contributed by atoms with Crippen molar-refractivity contribution in [3.8, 4) is 11.5 Å². The number of ether oxygens (including phenoxy) is 1. The summed E-state index contributed by atoms with van der Waals surface area (Å²) < 4.78 is 19.6. The SMILES string of the molecule is NCc1ccc(Oc2cccc3ncccc23)c(F)c1. The van der Waals surface area contributed by atoms with E-state index in [0.717, 1.165) is 16.5 Å². The normalized spacial score (nSPS) is 10.7. The van der Waals surface area contributed by atoms with Gasteiger partial charge in [-0.25, -0.2) is 4.39 Å². The second-order valence-corrected chi connectivity index (χ2v) is 4.40. The zero-order valence-corrected chi connectivity index (χ0v) is 10.7. The van der Waals surface area contributed by atoms with Crippen molar-refractivity contribution in [1.29, 1.82) is 0 Å². The number of benzene rings is 2. The van der Waals surface area contributed by atoms with E-state index < -0.39 is 5.82 Å². The molecule has 0 radical (unpaired) electrons. The molecule has 4 heteroatoms. The summed E-state index contributed by atoms with van der Waals surface area (Å²) in [6.45, 7) is 0.301. The van der Waals surface area contributed by atoms with Crippen LogP contribution in [0.4, 0.5) is 4.39 Å². The summed E-state index contributed by atoms with van der Waals surface area (Å²) in [6, 6.07) is 14.0. The molecule has 0 spiro atoms. The molecule has 1 aromatic heterocycles. The molecule has 0 aliphatic heterocycles. The summed E-state index contributed by atoms with van der Waals surface area (Å²) in [5.74, 6) is 0.336. The van der Waals surface area contributed by atoms with Gasteiger partial charge in [0.15, 0.2) is 11.6 Å². The number of fused-ring (bicyclic) bond motifs is 1. The molecule has 0 bridgehead atoms. The van der Waals surface area contributed by atoms with Crippen LogP contribution in [0, 0.1) is 5.82 Å². The minimum atomic E-state index is -0.422. The Kier molecular flexibility index (Phi) is 3.31. The van der Waals surface area contributed by atoms with E-state index in [9.17, 15) is 4.39 Å². The van der Waals surface area contributed by atoms with Crippen LogP contribution in [0.5, 0.6) is 11.5 Å². The highest BCUT2D eigenvalue weighted by atomic mass is 19.1. The van der Waals surface area contributed by atoms with Crippen LogP contribution in [0.2, 0.25) is 0 Å². The van der Waals surface area contributed by atoms with Gasteiger partial charge in [-0.2, -0.15) is 0 Å². The first kappa shape index (κ1) is 12.6. The fourth-order valence-electron chi connectivity index (χ4n) is 2.04. The lowest BCUT2D eigenvalue weighted by Gasteiger charge is -2.10. The van der Waals surface area contributed by atoms with E-state index in [-0.39, 0.29) is 5.75 Å². The molecule has 2 aromatic carbocycles. The fourth-order valence-corrected chi connectivity index (χ4v) is 2.04. The van der Waals surface area contributed by atoms with Gasteiger partial charge >= 0.3 is 0 Å². The van der Waals surface area contributed by atoms with Gasteiger partial charge in [0.1, 0.15) is 5.75 Å². The number of hydrogen-bond acceptors (Lipinski definition) is 3. The number of pyridine rings is 1. The molecular formula is C16H13FN2O. The zero-order valence-electron chi connectivity index (χ0n) is 10.7. The molecule has 0 saturated heterocycles. The Balaban J connectivity index is 2.01. The van der Waals surface area contributed by atoms with Gasteiger partial charge in [-0.15, -0.1) is 0 Å². The molecule has 1 heterocycles. The number of nitrogens with zero attached hydrogens (tertiary/aromatic N) is 1. The second kappa shape index (κ2) is 5.27. The second-order valence-electron chi connectivity index (χ2n) is 4.40. The van der Waals surface area contributed by atoms with Gasteiger partial charge in [0.05, 0.1) is 5.52 Å². The Labute approximate surface area is 115 Å². The van der Waals surface area contributed by atoms with Gasteiger partial charge in [0, 0.05) is 18.1 Å². The molecule has 3 nitrogen and oxygen atoms in total. The van der Waals surface area contributed by atoms with Crippen molar-refractivity contribution in [2.24, 2.45) is 5.73 Å². The Morgan fingerprint density at radius 3 is 2.75 bits per heavy atom. The number of hydrogen-bond donors (Lipinski definition) is 1. The van der Waals surface area contributed by atoms with Gasteiger partial charge in [-0.05, 0) is 42.0 Å². The molecule has 100 valence electrons. The topological polar surface area (TPSA) is 48.1 Å². The van der Waals surface area contributed by atoms with E-state index in [1.54, 1.807) is 24.4 Å². The highest BCUT2D eigenvalue weighted by molar-refractivity contribution is 5.85. The summed E-state index contributed by atoms with van der Waals surface area (Å²) in [5, 5.41) is 0.845. The van der Waals surface area contributed by atoms with Gasteiger partial charge < -0.3 is 10.5 Å². The largest absolute Gasteiger partial charge is 0.454 e. The smallest absolute Gasteiger partial charge is 0.166 e. The van der Waals surface area contributed by atoms with Gasteiger partial charge in [0.2, 0.25) is 0 Å². The van der Waals surface area contributed by atoms with E-state index in [1.807, 2.05) is 24.3 Å². The fraction of sp³-hybridized carbons (Fsp3) is 0.0625. The molecule has 0 aliphatic rings. The maximum atomic E-state index is 13.9. The van der Waals surface area contributed by atoms with Gasteiger partial charge in [-0.1, -0.05) is 12.1 Å². The average Bonchev–Trinajstić information content (AvgIpc) is 2.49. The van der Waals surface area contributed by atoms with Crippen molar-refractivity contribution in [2.45, 2.75) is 6.54 Å². The van der Waals surface area contributed by atoms with Crippen molar-refractivity contribution in [3.63, 3.8) is 0 Å². The zero-order chi connectivity index (χ0) is 13.9. The molecule has 0 atom stereocenters. The summed E-state index contributed by atoms with van der Waals surface area (Å²) in [7, 11) is 0. The van der Waals surface area contributed by atoms with Crippen LogP contribution < -0.4 is 10.5 Å². The Hall–Kier alpha value is -2.46. The lowest BCUT2D eigenvalue weighted by molar-refractivity contribution is 0.446. The first-order chi connectivity index (χ1) is 9.78. The minimum Gasteiger partial charge on any atom is -0.454 e. The number of halogens is 1. The molecule has 2 N–H and O–H groups in total. The molecule has 3 aromatic rings. The predicted molar refractivity (Wildman–Crippen MR) is 76.1 cm³/mol. The van der Waals surface area contributed by atoms with Crippen LogP contribution in [0.1, 0.15) is 5.56 Å². The van der Waals surface area contributed by atoms with Crippen LogP contribution >= 0.6 is 0 Å². The average molecular weight is 268 g/mol. The Bertz CT molecular complexity index is 753. The van der Waals surface area contributed by atoms with Crippen LogP contribution in [0.15, 0.2) is 54.7 Å². The summed E-state index contributed by atoms with van der Waals surface area (Å²) >= 11 is 0. The molecule has 0 amide bonds. The molecule has 20 heavy (non-hydrogen) atoms. The van der Waals surface area contributed by atoms with Crippen molar-refractivity contribution >= 4 is 10.9 Å². The first-order valence-corrected chi connectivity index (χ1v) is 6.28. The quantitative estimate of drug-likeness (QED) is 0.789. The Morgan fingerprint density at radius 2 is 1.95 bits per heavy atom. The van der Waals surface area contributed by atoms with Crippen LogP contribution in [0.25, 0.3) is 10.9 Å². The highest BCUT2D eigenvalue weighted by Gasteiger charge is 2.08. The summed E-state index contributed by atoms with van der Waals surface area (Å²) in [5.41, 5.74) is 7.02. The molecule has 0 aliphatic carbocycles. The van der Waals surface area contributed by atoms with E-state index in [1.165, 1.54) is 6.07 Å². The molecular weight excluding hydrogens is 255 g/mol. The lowest BCUT2D eigenvalue weighted by atomic mass is 10.2. The van der Waals surface area contributed by atoms with Crippen molar-refractivity contribution < 1.29 is 9.13 Å². The van der Waals surface area contributed by atoms with Crippen LogP contribution in [0.3, 0.4) is 0 Å². The highest BCUT2D eigenvalue weighted by Crippen LogP contribution is 2.30. The van der Waals surface area contributed by atoms with Gasteiger partial charge in [-0.3, -0.25) is 4.98 Å². The van der Waals surface area contributed by atoms with E-state index in [2.05, 4.69) is 4.98 Å². The third-order valence-electron chi connectivity index (χ3n) is 3.06. The third kappa shape index (κ3) is 2.33. The Morgan fingerprint density at radius 1 is 1.05 bits per heavy atom. The maximum absolute atomic E-state index is 13.9. The van der Waals surface area contributed by atoms with E-state index in [0.29, 0.717) is 12.3 Å². The van der Waals surface area contributed by atoms with E-state index in [4.69, 9.17) is 10.5 Å². The summed E-state index contributed by atoms with van der Waals surface area (Å²) in [6.07, 6.45) is 1.71. The van der Waals surface area contributed by atoms with Crippen molar-refractivity contribution in [2.75, 3.05) is 0 Å². The third-order valence-corrected chi connectivity index (χ3v) is 3.06. The lowest BCUT2D eigenvalue weighted by Crippen LogP contribution is -1.97. The molecule has 0 fully saturated rings. The van der Waals surface area contributed by atoms with Crippen molar-refractivity contribution in [1.82, 2.24) is 4.98 Å². The molecule has 0 saturated carbocycles. The van der Waals surface area contributed by atoms with Crippen LogP contribution in [-0.2, 0) is 6.54 Å². The van der Waals surface area contributed by atoms with Crippen molar-refractivity contribution in [3.05, 3.63) is 66.1 Å². The number of nitrogens with two attached hydrogens (primary N) is 1. The monoisotopic (exact) mass is 268 g/mol. The number of rotatable bonds is 3. The maximum Gasteiger partial charge on any atom is 0.166 e. The predicted octanol–water partition coefficient (Wildman–Crippen LogP) is 3.62. The van der Waals surface area contributed by atoms with Gasteiger partial charge in [0.25, 0.3) is 0 Å². The van der Waals surface area contributed by atoms with E-state index >= 15 is 0 Å². The van der Waals surface area contributed by atoms with Crippen LogP contribution in [-0.4, -0.2) is 4.98 Å². The molecule has 0 unspecified atom stereocenters. The summed E-state index contributed by atoms with van der Waals surface area (Å²) in [4.78, 5) is 4.24. The number of aromatic nitrogens is 1. The molecule has 3 rings (SSSR count). The minimum absolute atomic E-state index is 0.179.